The van der Waals surface area contributed by atoms with E-state index in [1.165, 1.54) is 24.0 Å². The number of carbonyl (C=O) groups is 1. The predicted octanol–water partition coefficient (Wildman–Crippen LogP) is 2.56. The Morgan fingerprint density at radius 3 is 2.96 bits per heavy atom. The molecule has 1 amide bonds. The van der Waals surface area contributed by atoms with Crippen LogP contribution >= 0.6 is 11.8 Å². The summed E-state index contributed by atoms with van der Waals surface area (Å²) in [6.07, 6.45) is 1.46. The number of nitrogens with zero attached hydrogens (tertiary/aromatic N) is 1. The topological polar surface area (TPSA) is 88.0 Å². The molecule has 0 unspecified atom stereocenters. The Kier molecular flexibility index (Phi) is 4.47. The largest absolute Gasteiger partial charge is 0.451 e. The first-order chi connectivity index (χ1) is 11.2. The molecule has 0 radical (unpaired) electrons. The lowest BCUT2D eigenvalue weighted by Crippen LogP contribution is -2.23. The number of carbonyl (C=O) groups excluding carboxylic acids is 1. The molecule has 0 saturated heterocycles. The first-order valence-electron chi connectivity index (χ1n) is 7.15. The summed E-state index contributed by atoms with van der Waals surface area (Å²) >= 11 is 1.35. The number of rotatable bonds is 5. The normalized spacial score (nSPS) is 10.8. The lowest BCUT2D eigenvalue weighted by Gasteiger charge is -2.03. The summed E-state index contributed by atoms with van der Waals surface area (Å²) in [7, 11) is 0. The number of furan rings is 1. The van der Waals surface area contributed by atoms with E-state index in [9.17, 15) is 9.59 Å². The van der Waals surface area contributed by atoms with Gasteiger partial charge in [-0.3, -0.25) is 9.59 Å². The molecule has 2 aromatic heterocycles. The standard InChI is InChI=1S/C16H15N3O3S/c1-2-17-15(21)14-11(10-5-3-4-6-12(10)22-14)9-23-16-18-8-7-13(20)19-16/h3-8H,2,9H2,1H3,(H,17,21)(H,18,19,20). The number of benzene rings is 1. The van der Waals surface area contributed by atoms with Crippen molar-refractivity contribution < 1.29 is 9.21 Å². The van der Waals surface area contributed by atoms with E-state index in [0.29, 0.717) is 28.8 Å². The smallest absolute Gasteiger partial charge is 0.287 e. The van der Waals surface area contributed by atoms with Gasteiger partial charge in [0.25, 0.3) is 11.5 Å². The SMILES string of the molecule is CCNC(=O)c1oc2ccccc2c1CSc1nccc(=O)[nH]1. The number of thioether (sulfide) groups is 1. The number of aromatic nitrogens is 2. The molecule has 0 fully saturated rings. The van der Waals surface area contributed by atoms with E-state index in [2.05, 4.69) is 15.3 Å². The number of hydrogen-bond donors (Lipinski definition) is 2. The Hall–Kier alpha value is -2.54. The van der Waals surface area contributed by atoms with Gasteiger partial charge in [-0.05, 0) is 13.0 Å². The molecule has 3 aromatic rings. The molecule has 6 nitrogen and oxygen atoms in total. The number of aromatic amines is 1. The van der Waals surface area contributed by atoms with Crippen molar-refractivity contribution in [3.63, 3.8) is 0 Å². The first-order valence-corrected chi connectivity index (χ1v) is 8.14. The maximum atomic E-state index is 12.2. The van der Waals surface area contributed by atoms with Gasteiger partial charge in [-0.1, -0.05) is 30.0 Å². The number of nitrogens with one attached hydrogen (secondary N) is 2. The van der Waals surface area contributed by atoms with Crippen LogP contribution in [0.5, 0.6) is 0 Å². The lowest BCUT2D eigenvalue weighted by molar-refractivity contribution is 0.0929. The van der Waals surface area contributed by atoms with Crippen molar-refractivity contribution in [2.75, 3.05) is 6.54 Å². The van der Waals surface area contributed by atoms with Crippen LogP contribution < -0.4 is 10.9 Å². The third-order valence-electron chi connectivity index (χ3n) is 3.24. The van der Waals surface area contributed by atoms with Crippen LogP contribution in [0, 0.1) is 0 Å². The molecule has 0 aliphatic carbocycles. The van der Waals surface area contributed by atoms with E-state index in [1.54, 1.807) is 0 Å². The fourth-order valence-corrected chi connectivity index (χ4v) is 3.11. The molecule has 23 heavy (non-hydrogen) atoms. The van der Waals surface area contributed by atoms with Crippen molar-refractivity contribution in [1.82, 2.24) is 15.3 Å². The van der Waals surface area contributed by atoms with Crippen molar-refractivity contribution in [2.24, 2.45) is 0 Å². The number of H-pyrrole nitrogens is 1. The molecular formula is C16H15N3O3S. The van der Waals surface area contributed by atoms with E-state index in [0.717, 1.165) is 10.9 Å². The van der Waals surface area contributed by atoms with Gasteiger partial charge in [-0.15, -0.1) is 0 Å². The highest BCUT2D eigenvalue weighted by molar-refractivity contribution is 7.98. The molecule has 7 heteroatoms. The summed E-state index contributed by atoms with van der Waals surface area (Å²) in [5.74, 6) is 0.531. The number of fused-ring (bicyclic) bond motifs is 1. The van der Waals surface area contributed by atoms with Crippen LogP contribution in [0.15, 0.2) is 50.9 Å². The molecule has 0 spiro atoms. The van der Waals surface area contributed by atoms with E-state index >= 15 is 0 Å². The van der Waals surface area contributed by atoms with Crippen molar-refractivity contribution >= 4 is 28.6 Å². The zero-order valence-corrected chi connectivity index (χ0v) is 13.3. The summed E-state index contributed by atoms with van der Waals surface area (Å²) in [5.41, 5.74) is 1.26. The molecule has 0 aliphatic rings. The molecule has 1 aromatic carbocycles. The van der Waals surface area contributed by atoms with Crippen molar-refractivity contribution in [3.8, 4) is 0 Å². The fraction of sp³-hybridized carbons (Fsp3) is 0.188. The Bertz CT molecular complexity index is 901. The second kappa shape index (κ2) is 6.70. The molecule has 118 valence electrons. The van der Waals surface area contributed by atoms with Gasteiger partial charge in [-0.2, -0.15) is 0 Å². The van der Waals surface area contributed by atoms with Gasteiger partial charge in [0.05, 0.1) is 0 Å². The highest BCUT2D eigenvalue weighted by atomic mass is 32.2. The number of para-hydroxylation sites is 1. The van der Waals surface area contributed by atoms with Crippen LogP contribution in [-0.2, 0) is 5.75 Å². The number of hydrogen-bond acceptors (Lipinski definition) is 5. The lowest BCUT2D eigenvalue weighted by atomic mass is 10.1. The second-order valence-corrected chi connectivity index (χ2v) is 5.76. The van der Waals surface area contributed by atoms with E-state index in [4.69, 9.17) is 4.42 Å². The van der Waals surface area contributed by atoms with Gasteiger partial charge < -0.3 is 14.7 Å². The molecule has 2 N–H and O–H groups in total. The maximum absolute atomic E-state index is 12.2. The van der Waals surface area contributed by atoms with Crippen LogP contribution in [0.4, 0.5) is 0 Å². The van der Waals surface area contributed by atoms with Gasteiger partial charge in [0.15, 0.2) is 10.9 Å². The van der Waals surface area contributed by atoms with Crippen LogP contribution in [-0.4, -0.2) is 22.4 Å². The van der Waals surface area contributed by atoms with Gasteiger partial charge in [-0.25, -0.2) is 4.98 Å². The average molecular weight is 329 g/mol. The zero-order chi connectivity index (χ0) is 16.2. The van der Waals surface area contributed by atoms with Gasteiger partial charge in [0.1, 0.15) is 5.58 Å². The van der Waals surface area contributed by atoms with Gasteiger partial charge in [0, 0.05) is 35.5 Å². The summed E-state index contributed by atoms with van der Waals surface area (Å²) in [4.78, 5) is 30.3. The highest BCUT2D eigenvalue weighted by Gasteiger charge is 2.20. The van der Waals surface area contributed by atoms with Crippen molar-refractivity contribution in [1.29, 1.82) is 0 Å². The predicted molar refractivity (Wildman–Crippen MR) is 88.6 cm³/mol. The Morgan fingerprint density at radius 2 is 2.17 bits per heavy atom. The average Bonchev–Trinajstić information content (AvgIpc) is 2.92. The zero-order valence-electron chi connectivity index (χ0n) is 12.5. The van der Waals surface area contributed by atoms with Crippen LogP contribution in [0.1, 0.15) is 23.0 Å². The maximum Gasteiger partial charge on any atom is 0.287 e. The summed E-state index contributed by atoms with van der Waals surface area (Å²) in [6, 6.07) is 8.86. The summed E-state index contributed by atoms with van der Waals surface area (Å²) < 4.78 is 5.71. The monoisotopic (exact) mass is 329 g/mol. The molecule has 0 aliphatic heterocycles. The Balaban J connectivity index is 1.95. The summed E-state index contributed by atoms with van der Waals surface area (Å²) in [6.45, 7) is 2.38. The molecular weight excluding hydrogens is 314 g/mol. The van der Waals surface area contributed by atoms with Crippen molar-refractivity contribution in [2.45, 2.75) is 17.8 Å². The van der Waals surface area contributed by atoms with Gasteiger partial charge in [0.2, 0.25) is 0 Å². The van der Waals surface area contributed by atoms with Crippen LogP contribution in [0.2, 0.25) is 0 Å². The quantitative estimate of drug-likeness (QED) is 0.555. The van der Waals surface area contributed by atoms with Gasteiger partial charge >= 0.3 is 0 Å². The minimum Gasteiger partial charge on any atom is -0.451 e. The Morgan fingerprint density at radius 1 is 1.35 bits per heavy atom. The second-order valence-electron chi connectivity index (χ2n) is 4.79. The van der Waals surface area contributed by atoms with E-state index in [-0.39, 0.29) is 11.5 Å². The Labute approximate surface area is 136 Å². The van der Waals surface area contributed by atoms with E-state index < -0.39 is 0 Å². The molecule has 3 rings (SSSR count). The van der Waals surface area contributed by atoms with E-state index in [1.807, 2.05) is 31.2 Å². The summed E-state index contributed by atoms with van der Waals surface area (Å²) in [5, 5.41) is 4.15. The first kappa shape index (κ1) is 15.4. The molecule has 0 atom stereocenters. The molecule has 0 saturated carbocycles. The van der Waals surface area contributed by atoms with Crippen LogP contribution in [0.3, 0.4) is 0 Å². The molecule has 0 bridgehead atoms. The fourth-order valence-electron chi connectivity index (χ4n) is 2.23. The van der Waals surface area contributed by atoms with Crippen molar-refractivity contribution in [3.05, 3.63) is 58.2 Å². The van der Waals surface area contributed by atoms with Crippen LogP contribution in [0.25, 0.3) is 11.0 Å². The number of amides is 1. The highest BCUT2D eigenvalue weighted by Crippen LogP contribution is 2.30. The third-order valence-corrected chi connectivity index (χ3v) is 4.16. The molecule has 2 heterocycles. The minimum atomic E-state index is -0.242. The third kappa shape index (κ3) is 3.29. The minimum absolute atomic E-state index is 0.205.